The Morgan fingerprint density at radius 2 is 2.12 bits per heavy atom. The van der Waals surface area contributed by atoms with Gasteiger partial charge in [0.05, 0.1) is 6.04 Å². The van der Waals surface area contributed by atoms with E-state index >= 15 is 0 Å². The zero-order valence-electron chi connectivity index (χ0n) is 13.8. The van der Waals surface area contributed by atoms with Crippen LogP contribution in [0.2, 0.25) is 5.02 Å². The van der Waals surface area contributed by atoms with Gasteiger partial charge in [-0.1, -0.05) is 23.7 Å². The number of carbonyl (C=O) groups excluding carboxylic acids is 1. The lowest BCUT2D eigenvalue weighted by atomic mass is 10.0. The Morgan fingerprint density at radius 1 is 1.32 bits per heavy atom. The Balaban J connectivity index is 1.71. The molecule has 1 aliphatic heterocycles. The molecular formula is C19H20ClFN2OS. The smallest absolute Gasteiger partial charge is 0.244 e. The van der Waals surface area contributed by atoms with Gasteiger partial charge in [0, 0.05) is 28.1 Å². The first-order valence-electron chi connectivity index (χ1n) is 8.32. The number of carbonyl (C=O) groups is 1. The van der Waals surface area contributed by atoms with Gasteiger partial charge in [-0.05, 0) is 55.6 Å². The van der Waals surface area contributed by atoms with E-state index in [0.29, 0.717) is 17.1 Å². The van der Waals surface area contributed by atoms with Crippen LogP contribution < -0.4 is 5.32 Å². The monoisotopic (exact) mass is 378 g/mol. The van der Waals surface area contributed by atoms with Crippen LogP contribution in [0.25, 0.3) is 6.08 Å². The van der Waals surface area contributed by atoms with Crippen LogP contribution >= 0.6 is 22.9 Å². The van der Waals surface area contributed by atoms with Gasteiger partial charge in [-0.3, -0.25) is 9.69 Å². The van der Waals surface area contributed by atoms with Crippen molar-refractivity contribution in [1.29, 1.82) is 0 Å². The van der Waals surface area contributed by atoms with Crippen LogP contribution in [0.15, 0.2) is 41.8 Å². The number of nitrogens with zero attached hydrogens (tertiary/aromatic N) is 1. The second-order valence-corrected chi connectivity index (χ2v) is 7.37. The van der Waals surface area contributed by atoms with Crippen molar-refractivity contribution in [3.8, 4) is 0 Å². The first kappa shape index (κ1) is 18.1. The number of likely N-dealkylation sites (tertiary alicyclic amines) is 1. The summed E-state index contributed by atoms with van der Waals surface area (Å²) in [5, 5.41) is 5.25. The number of hydrogen-bond donors (Lipinski definition) is 1. The zero-order valence-corrected chi connectivity index (χ0v) is 15.3. The van der Waals surface area contributed by atoms with E-state index in [1.165, 1.54) is 12.1 Å². The van der Waals surface area contributed by atoms with E-state index in [0.717, 1.165) is 30.8 Å². The van der Waals surface area contributed by atoms with Crippen molar-refractivity contribution in [2.75, 3.05) is 19.6 Å². The summed E-state index contributed by atoms with van der Waals surface area (Å²) in [6.45, 7) is 2.10. The fraction of sp³-hybridized carbons (Fsp3) is 0.316. The second-order valence-electron chi connectivity index (χ2n) is 5.99. The van der Waals surface area contributed by atoms with Gasteiger partial charge in [-0.25, -0.2) is 4.39 Å². The molecule has 0 saturated carbocycles. The molecule has 1 fully saturated rings. The molecule has 1 unspecified atom stereocenters. The topological polar surface area (TPSA) is 32.3 Å². The summed E-state index contributed by atoms with van der Waals surface area (Å²) in [7, 11) is 0. The maximum Gasteiger partial charge on any atom is 0.244 e. The zero-order chi connectivity index (χ0) is 17.6. The Morgan fingerprint density at radius 3 is 2.80 bits per heavy atom. The summed E-state index contributed by atoms with van der Waals surface area (Å²) in [6.07, 6.45) is 5.44. The average molecular weight is 379 g/mol. The van der Waals surface area contributed by atoms with E-state index in [1.807, 2.05) is 17.5 Å². The molecule has 6 heteroatoms. The van der Waals surface area contributed by atoms with Gasteiger partial charge >= 0.3 is 0 Å². The van der Waals surface area contributed by atoms with Crippen molar-refractivity contribution >= 4 is 34.9 Å². The second kappa shape index (κ2) is 8.61. The number of amides is 1. The molecule has 1 N–H and O–H groups in total. The minimum Gasteiger partial charge on any atom is -0.351 e. The van der Waals surface area contributed by atoms with Crippen molar-refractivity contribution in [1.82, 2.24) is 10.2 Å². The molecule has 3 nitrogen and oxygen atoms in total. The van der Waals surface area contributed by atoms with Crippen LogP contribution in [-0.2, 0) is 4.79 Å². The number of thiophene rings is 1. The first-order chi connectivity index (χ1) is 12.1. The van der Waals surface area contributed by atoms with Gasteiger partial charge in [-0.2, -0.15) is 0 Å². The summed E-state index contributed by atoms with van der Waals surface area (Å²) in [6, 6.07) is 8.34. The van der Waals surface area contributed by atoms with Crippen LogP contribution in [0.1, 0.15) is 29.3 Å². The van der Waals surface area contributed by atoms with Crippen molar-refractivity contribution in [3.05, 3.63) is 63.1 Å². The quantitative estimate of drug-likeness (QED) is 0.750. The summed E-state index contributed by atoms with van der Waals surface area (Å²) >= 11 is 7.82. The Labute approximate surface area is 156 Å². The Hall–Kier alpha value is -1.69. The third-order valence-electron chi connectivity index (χ3n) is 4.33. The SMILES string of the molecule is O=C(/C=C/c1cccs1)NCC(c1c(F)cccc1Cl)N1CCCC1. The molecule has 2 heterocycles. The number of hydrogen-bond acceptors (Lipinski definition) is 3. The highest BCUT2D eigenvalue weighted by Crippen LogP contribution is 2.31. The van der Waals surface area contributed by atoms with Crippen molar-refractivity contribution in [2.24, 2.45) is 0 Å². The molecule has 1 amide bonds. The van der Waals surface area contributed by atoms with Gasteiger partial charge in [-0.15, -0.1) is 11.3 Å². The van der Waals surface area contributed by atoms with Crippen LogP contribution in [0, 0.1) is 5.82 Å². The van der Waals surface area contributed by atoms with E-state index in [1.54, 1.807) is 29.5 Å². The third-order valence-corrected chi connectivity index (χ3v) is 5.49. The molecule has 2 aromatic rings. The standard InChI is InChI=1S/C19H20ClFN2OS/c20-15-6-3-7-16(21)19(15)17(23-10-1-2-11-23)13-22-18(24)9-8-14-5-4-12-25-14/h3-9,12,17H,1-2,10-11,13H2,(H,22,24)/b9-8+. The summed E-state index contributed by atoms with van der Waals surface area (Å²) in [5.74, 6) is -0.516. The molecule has 1 saturated heterocycles. The van der Waals surface area contributed by atoms with Crippen molar-refractivity contribution in [3.63, 3.8) is 0 Å². The van der Waals surface area contributed by atoms with E-state index in [-0.39, 0.29) is 17.8 Å². The molecular weight excluding hydrogens is 359 g/mol. The maximum atomic E-state index is 14.4. The summed E-state index contributed by atoms with van der Waals surface area (Å²) < 4.78 is 14.4. The normalized spacial score (nSPS) is 16.4. The number of halogens is 2. The highest BCUT2D eigenvalue weighted by Gasteiger charge is 2.27. The fourth-order valence-corrected chi connectivity index (χ4v) is 4.00. The van der Waals surface area contributed by atoms with Crippen LogP contribution in [0.3, 0.4) is 0 Å². The highest BCUT2D eigenvalue weighted by molar-refractivity contribution is 7.10. The Kier molecular flexibility index (Phi) is 6.24. The van der Waals surface area contributed by atoms with Crippen molar-refractivity contribution < 1.29 is 9.18 Å². The molecule has 132 valence electrons. The first-order valence-corrected chi connectivity index (χ1v) is 9.58. The molecule has 0 radical (unpaired) electrons. The molecule has 1 aromatic heterocycles. The predicted octanol–water partition coefficient (Wildman–Crippen LogP) is 4.51. The molecule has 1 atom stereocenters. The van der Waals surface area contributed by atoms with E-state index in [2.05, 4.69) is 10.2 Å². The number of nitrogens with one attached hydrogen (secondary N) is 1. The maximum absolute atomic E-state index is 14.4. The van der Waals surface area contributed by atoms with Crippen LogP contribution in [-0.4, -0.2) is 30.4 Å². The Bertz CT molecular complexity index is 722. The van der Waals surface area contributed by atoms with Gasteiger partial charge in [0.25, 0.3) is 0 Å². The number of benzene rings is 1. The summed E-state index contributed by atoms with van der Waals surface area (Å²) in [4.78, 5) is 15.3. The molecule has 0 aliphatic carbocycles. The van der Waals surface area contributed by atoms with E-state index in [4.69, 9.17) is 11.6 Å². The minimum absolute atomic E-state index is 0.190. The fourth-order valence-electron chi connectivity index (χ4n) is 3.10. The largest absolute Gasteiger partial charge is 0.351 e. The van der Waals surface area contributed by atoms with E-state index in [9.17, 15) is 9.18 Å². The van der Waals surface area contributed by atoms with Crippen LogP contribution in [0.5, 0.6) is 0 Å². The molecule has 0 spiro atoms. The molecule has 0 bridgehead atoms. The molecule has 1 aromatic carbocycles. The van der Waals surface area contributed by atoms with E-state index < -0.39 is 0 Å². The lowest BCUT2D eigenvalue weighted by molar-refractivity contribution is -0.116. The van der Waals surface area contributed by atoms with Crippen molar-refractivity contribution in [2.45, 2.75) is 18.9 Å². The van der Waals surface area contributed by atoms with Gasteiger partial charge in [0.15, 0.2) is 0 Å². The lowest BCUT2D eigenvalue weighted by Crippen LogP contribution is -2.36. The average Bonchev–Trinajstić information content (AvgIpc) is 3.29. The summed E-state index contributed by atoms with van der Waals surface area (Å²) in [5.41, 5.74) is 0.466. The molecule has 1 aliphatic rings. The van der Waals surface area contributed by atoms with Gasteiger partial charge in [0.1, 0.15) is 5.82 Å². The molecule has 3 rings (SSSR count). The van der Waals surface area contributed by atoms with Crippen LogP contribution in [0.4, 0.5) is 4.39 Å². The minimum atomic E-state index is -0.326. The molecule has 25 heavy (non-hydrogen) atoms. The number of rotatable bonds is 6. The predicted molar refractivity (Wildman–Crippen MR) is 101 cm³/mol. The highest BCUT2D eigenvalue weighted by atomic mass is 35.5. The lowest BCUT2D eigenvalue weighted by Gasteiger charge is -2.29. The van der Waals surface area contributed by atoms with Gasteiger partial charge < -0.3 is 5.32 Å². The third kappa shape index (κ3) is 4.69. The van der Waals surface area contributed by atoms with Gasteiger partial charge in [0.2, 0.25) is 5.91 Å².